The molecule has 134 valence electrons. The van der Waals surface area contributed by atoms with Crippen LogP contribution in [0.3, 0.4) is 0 Å². The van der Waals surface area contributed by atoms with Gasteiger partial charge in [0.2, 0.25) is 0 Å². The van der Waals surface area contributed by atoms with Crippen LogP contribution in [0.15, 0.2) is 12.1 Å². The van der Waals surface area contributed by atoms with E-state index < -0.39 is 5.41 Å². The van der Waals surface area contributed by atoms with Gasteiger partial charge in [0.15, 0.2) is 0 Å². The van der Waals surface area contributed by atoms with Gasteiger partial charge in [0.1, 0.15) is 0 Å². The third-order valence-corrected chi connectivity index (χ3v) is 3.13. The molecule has 1 N–H and O–H groups in total. The van der Waals surface area contributed by atoms with Crippen LogP contribution >= 0.6 is 0 Å². The van der Waals surface area contributed by atoms with Crippen molar-refractivity contribution in [3.05, 3.63) is 29.6 Å². The smallest absolute Gasteiger partial charge is 0.541 e. The number of rotatable bonds is 6. The van der Waals surface area contributed by atoms with E-state index >= 15 is 0 Å². The van der Waals surface area contributed by atoms with Crippen molar-refractivity contribution in [2.75, 3.05) is 11.9 Å². The zero-order valence-electron chi connectivity index (χ0n) is 17.0. The van der Waals surface area contributed by atoms with Crippen LogP contribution in [0.4, 0.5) is 10.1 Å². The quantitative estimate of drug-likeness (QED) is 0.622. The second kappa shape index (κ2) is 18.1. The average molecular weight is 363 g/mol. The van der Waals surface area contributed by atoms with E-state index in [0.717, 1.165) is 0 Å². The van der Waals surface area contributed by atoms with Gasteiger partial charge in [0.05, 0.1) is 0 Å². The summed E-state index contributed by atoms with van der Waals surface area (Å²) in [4.78, 5) is 10.7. The molecule has 0 saturated carbocycles. The minimum absolute atomic E-state index is 0. The Morgan fingerprint density at radius 3 is 1.83 bits per heavy atom. The summed E-state index contributed by atoms with van der Waals surface area (Å²) in [7, 11) is 0. The molecule has 0 radical (unpaired) electrons. The molecule has 24 heavy (non-hydrogen) atoms. The number of benzene rings is 1. The monoisotopic (exact) mass is 362 g/mol. The number of halogens is 1. The molecule has 0 saturated heterocycles. The van der Waals surface area contributed by atoms with Gasteiger partial charge in [-0.05, 0) is 6.92 Å². The minimum Gasteiger partial charge on any atom is -0.541 e. The molecule has 1 rings (SSSR count). The van der Waals surface area contributed by atoms with E-state index in [-0.39, 0.29) is 57.2 Å². The summed E-state index contributed by atoms with van der Waals surface area (Å²) in [5, 5.41) is 2.96. The molecule has 0 aliphatic heterocycles. The second-order valence-corrected chi connectivity index (χ2v) is 5.88. The Morgan fingerprint density at radius 2 is 1.50 bits per heavy atom. The van der Waals surface area contributed by atoms with Gasteiger partial charge in [-0.3, -0.25) is 6.29 Å². The Balaban J connectivity index is -0.000000413. The minimum atomic E-state index is -0.827. The maximum Gasteiger partial charge on any atom is 1.00 e. The Hall–Kier alpha value is 0.256. The summed E-state index contributed by atoms with van der Waals surface area (Å²) < 4.78 is 13.2. The first-order valence-corrected chi connectivity index (χ1v) is 8.69. The normalized spacial score (nSPS) is 9.50. The second-order valence-electron chi connectivity index (χ2n) is 5.88. The predicted molar refractivity (Wildman–Crippen MR) is 99.3 cm³/mol. The summed E-state index contributed by atoms with van der Waals surface area (Å²) >= 11 is 0. The van der Waals surface area contributed by atoms with Crippen molar-refractivity contribution in [2.24, 2.45) is 0 Å². The fourth-order valence-corrected chi connectivity index (χ4v) is 1.21. The van der Waals surface area contributed by atoms with E-state index in [1.165, 1.54) is 37.8 Å². The van der Waals surface area contributed by atoms with E-state index in [0.29, 0.717) is 17.8 Å². The van der Waals surface area contributed by atoms with Gasteiger partial charge in [0, 0.05) is 12.4 Å². The van der Waals surface area contributed by atoms with Gasteiger partial charge in [-0.2, -0.15) is 11.6 Å². The fraction of sp³-hybridized carbons (Fsp3) is 0.650. The maximum atomic E-state index is 13.2. The number of unbranched alkanes of at least 4 members (excludes halogenated alkanes) is 2. The zero-order chi connectivity index (χ0) is 18.3. The molecule has 1 aromatic rings. The molecular weight excluding hydrogens is 328 g/mol. The fourth-order valence-electron chi connectivity index (χ4n) is 1.21. The first-order chi connectivity index (χ1) is 10.8. The topological polar surface area (TPSA) is 29.1 Å². The number of nitrogens with one attached hydrogen (secondary N) is 1. The molecule has 4 heteroatoms. The van der Waals surface area contributed by atoms with Crippen LogP contribution in [-0.2, 0) is 10.2 Å². The maximum absolute atomic E-state index is 13.2. The van der Waals surface area contributed by atoms with Crippen LogP contribution in [0.1, 0.15) is 79.7 Å². The van der Waals surface area contributed by atoms with Gasteiger partial charge in [-0.15, -0.1) is 17.5 Å². The summed E-state index contributed by atoms with van der Waals surface area (Å²) in [6, 6.07) is 5.63. The summed E-state index contributed by atoms with van der Waals surface area (Å²) in [6.07, 6.45) is 7.16. The van der Waals surface area contributed by atoms with E-state index in [1.54, 1.807) is 13.8 Å². The van der Waals surface area contributed by atoms with Crippen molar-refractivity contribution in [2.45, 2.75) is 79.6 Å². The van der Waals surface area contributed by atoms with Gasteiger partial charge < -0.3 is 10.1 Å². The van der Waals surface area contributed by atoms with Crippen LogP contribution in [0.5, 0.6) is 0 Å². The molecule has 1 aromatic carbocycles. The average Bonchev–Trinajstić information content (AvgIpc) is 2.55. The first kappa shape index (κ1) is 29.0. The van der Waals surface area contributed by atoms with Crippen molar-refractivity contribution in [1.29, 1.82) is 0 Å². The molecule has 0 atom stereocenters. The molecule has 0 aliphatic rings. The van der Waals surface area contributed by atoms with E-state index in [9.17, 15) is 9.18 Å². The molecule has 0 aromatic heterocycles. The van der Waals surface area contributed by atoms with E-state index in [4.69, 9.17) is 0 Å². The Morgan fingerprint density at radius 1 is 1.04 bits per heavy atom. The van der Waals surface area contributed by atoms with Crippen molar-refractivity contribution in [1.82, 2.24) is 0 Å². The first-order valence-electron chi connectivity index (χ1n) is 8.69. The largest absolute Gasteiger partial charge is 1.00 e. The number of carbonyl (C=O) groups excluding carboxylic acids is 1. The van der Waals surface area contributed by atoms with Crippen LogP contribution in [0.2, 0.25) is 0 Å². The van der Waals surface area contributed by atoms with E-state index in [1.807, 2.05) is 13.2 Å². The van der Waals surface area contributed by atoms with Crippen molar-refractivity contribution in [3.63, 3.8) is 0 Å². The summed E-state index contributed by atoms with van der Waals surface area (Å²) in [5.74, 6) is -0.372. The number of hydrogen-bond donors (Lipinski definition) is 1. The van der Waals surface area contributed by atoms with Crippen molar-refractivity contribution >= 4 is 12.0 Å². The number of anilines is 1. The molecule has 0 fully saturated rings. The van der Waals surface area contributed by atoms with Gasteiger partial charge in [-0.25, -0.2) is 4.39 Å². The molecular formula is C20H34FKNO-. The molecule has 0 bridgehead atoms. The Bertz CT molecular complexity index is 414. The van der Waals surface area contributed by atoms with Gasteiger partial charge in [0.25, 0.3) is 0 Å². The molecule has 0 aliphatic carbocycles. The Kier molecular flexibility index (Phi) is 21.8. The van der Waals surface area contributed by atoms with Crippen LogP contribution in [0, 0.1) is 11.9 Å². The summed E-state index contributed by atoms with van der Waals surface area (Å²) in [5.41, 5.74) is 0.246. The third kappa shape index (κ3) is 14.6. The van der Waals surface area contributed by atoms with Crippen LogP contribution in [0.25, 0.3) is 0 Å². The molecule has 0 unspecified atom stereocenters. The molecule has 0 heterocycles. The Labute approximate surface area is 191 Å². The van der Waals surface area contributed by atoms with E-state index in [2.05, 4.69) is 39.1 Å². The van der Waals surface area contributed by atoms with Gasteiger partial charge in [-0.1, -0.05) is 72.9 Å². The molecule has 0 amide bonds. The van der Waals surface area contributed by atoms with Gasteiger partial charge >= 0.3 is 51.4 Å². The summed E-state index contributed by atoms with van der Waals surface area (Å²) in [6.45, 7) is 14.7. The SMILES string of the molecule is CCCC.CCCC.CCNc1[c-]c(C(C)(C)[C-]=O)cc(F)c1.[K+]. The van der Waals surface area contributed by atoms with Crippen molar-refractivity contribution in [3.8, 4) is 0 Å². The predicted octanol–water partition coefficient (Wildman–Crippen LogP) is 3.06. The molecule has 0 spiro atoms. The van der Waals surface area contributed by atoms with Crippen LogP contribution in [-0.4, -0.2) is 12.8 Å². The standard InChI is InChI=1S/C12H14FNO.2C4H10.K/c1-4-14-11-6-9(5-10(13)7-11)12(2,3)8-15;2*1-3-4-2;/h5,7,14H,4H2,1-3H3;2*3-4H2,1-2H3;/q-2;;;+1. The van der Waals surface area contributed by atoms with Crippen molar-refractivity contribution < 1.29 is 60.6 Å². The third-order valence-electron chi connectivity index (χ3n) is 3.13. The number of hydrogen-bond acceptors (Lipinski definition) is 2. The van der Waals surface area contributed by atoms with Crippen LogP contribution < -0.4 is 56.7 Å². The zero-order valence-corrected chi connectivity index (χ0v) is 20.1. The molecule has 2 nitrogen and oxygen atoms in total.